The summed E-state index contributed by atoms with van der Waals surface area (Å²) in [5.41, 5.74) is 2.75. The Kier molecular flexibility index (Phi) is 5.11. The number of rotatable bonds is 4. The second-order valence-electron chi connectivity index (χ2n) is 5.56. The van der Waals surface area contributed by atoms with E-state index in [1.54, 1.807) is 0 Å². The van der Waals surface area contributed by atoms with Gasteiger partial charge in [-0.1, -0.05) is 35.9 Å². The van der Waals surface area contributed by atoms with Crippen LogP contribution in [-0.2, 0) is 6.54 Å². The number of nitrogens with zero attached hydrogens (tertiary/aromatic N) is 2. The Bertz CT molecular complexity index is 977. The number of aliphatic hydroxyl groups is 1. The predicted octanol–water partition coefficient (Wildman–Crippen LogP) is 3.47. The summed E-state index contributed by atoms with van der Waals surface area (Å²) in [5.74, 6) is 0.546. The number of hydrogen-bond donors (Lipinski definition) is 1. The zero-order chi connectivity index (χ0) is 17.1. The quantitative estimate of drug-likeness (QED) is 0.643. The highest BCUT2D eigenvalue weighted by molar-refractivity contribution is 14.1. The maximum Gasteiger partial charge on any atom is 0.261 e. The molecule has 3 rings (SSSR count). The van der Waals surface area contributed by atoms with Gasteiger partial charge in [-0.05, 0) is 59.4 Å². The molecule has 122 valence electrons. The first kappa shape index (κ1) is 16.9. The van der Waals surface area contributed by atoms with Gasteiger partial charge in [0.15, 0.2) is 0 Å². The summed E-state index contributed by atoms with van der Waals surface area (Å²) in [4.78, 5) is 17.3. The highest BCUT2D eigenvalue weighted by atomic mass is 127. The first-order valence-corrected chi connectivity index (χ1v) is 8.72. The van der Waals surface area contributed by atoms with Crippen molar-refractivity contribution in [3.8, 4) is 0 Å². The van der Waals surface area contributed by atoms with Gasteiger partial charge in [0.25, 0.3) is 5.56 Å². The van der Waals surface area contributed by atoms with E-state index in [0.717, 1.165) is 9.13 Å². The number of benzene rings is 2. The molecule has 0 aliphatic heterocycles. The molecule has 0 saturated carbocycles. The smallest absolute Gasteiger partial charge is 0.261 e. The summed E-state index contributed by atoms with van der Waals surface area (Å²) >= 11 is 2.17. The van der Waals surface area contributed by atoms with Gasteiger partial charge >= 0.3 is 0 Å². The van der Waals surface area contributed by atoms with Crippen LogP contribution in [0.1, 0.15) is 17.0 Å². The summed E-state index contributed by atoms with van der Waals surface area (Å²) in [7, 11) is 0. The van der Waals surface area contributed by atoms with Crippen molar-refractivity contribution in [2.75, 3.05) is 6.61 Å². The number of hydrogen-bond acceptors (Lipinski definition) is 3. The van der Waals surface area contributed by atoms with Gasteiger partial charge in [-0.2, -0.15) is 0 Å². The van der Waals surface area contributed by atoms with Crippen LogP contribution < -0.4 is 5.56 Å². The van der Waals surface area contributed by atoms with Crippen LogP contribution in [0.15, 0.2) is 47.3 Å². The molecule has 0 bridgehead atoms. The third-order valence-corrected chi connectivity index (χ3v) is 4.41. The van der Waals surface area contributed by atoms with Crippen LogP contribution in [0, 0.1) is 10.5 Å². The Morgan fingerprint density at radius 2 is 2.04 bits per heavy atom. The molecule has 3 aromatic rings. The fourth-order valence-corrected chi connectivity index (χ4v) is 3.09. The SMILES string of the molecule is Cc1cccc(/C=C/c2nc3ccc(I)cc3c(=O)n2CCO)c1. The van der Waals surface area contributed by atoms with Crippen molar-refractivity contribution in [2.24, 2.45) is 0 Å². The fraction of sp³-hybridized carbons (Fsp3) is 0.158. The molecule has 1 aromatic heterocycles. The number of aliphatic hydroxyl groups excluding tert-OH is 1. The summed E-state index contributed by atoms with van der Waals surface area (Å²) in [5, 5.41) is 9.88. The van der Waals surface area contributed by atoms with Gasteiger partial charge in [0.2, 0.25) is 0 Å². The van der Waals surface area contributed by atoms with E-state index in [-0.39, 0.29) is 18.7 Å². The van der Waals surface area contributed by atoms with Crippen molar-refractivity contribution in [1.29, 1.82) is 0 Å². The molecule has 0 amide bonds. The van der Waals surface area contributed by atoms with E-state index < -0.39 is 0 Å². The van der Waals surface area contributed by atoms with Gasteiger partial charge in [-0.15, -0.1) is 0 Å². The Morgan fingerprint density at radius 1 is 1.21 bits per heavy atom. The monoisotopic (exact) mass is 432 g/mol. The molecule has 0 atom stereocenters. The van der Waals surface area contributed by atoms with E-state index in [0.29, 0.717) is 16.7 Å². The second kappa shape index (κ2) is 7.27. The first-order chi connectivity index (χ1) is 11.6. The molecule has 24 heavy (non-hydrogen) atoms. The molecule has 0 spiro atoms. The van der Waals surface area contributed by atoms with Crippen LogP contribution in [0.2, 0.25) is 0 Å². The highest BCUT2D eigenvalue weighted by Gasteiger charge is 2.09. The molecule has 5 heteroatoms. The van der Waals surface area contributed by atoms with Crippen LogP contribution in [0.25, 0.3) is 23.1 Å². The Balaban J connectivity index is 2.13. The van der Waals surface area contributed by atoms with Crippen molar-refractivity contribution < 1.29 is 5.11 Å². The van der Waals surface area contributed by atoms with E-state index >= 15 is 0 Å². The van der Waals surface area contributed by atoms with Crippen LogP contribution in [0.4, 0.5) is 0 Å². The van der Waals surface area contributed by atoms with Gasteiger partial charge in [-0.3, -0.25) is 9.36 Å². The first-order valence-electron chi connectivity index (χ1n) is 7.64. The average molecular weight is 432 g/mol. The van der Waals surface area contributed by atoms with E-state index in [2.05, 4.69) is 33.6 Å². The summed E-state index contributed by atoms with van der Waals surface area (Å²) in [6, 6.07) is 13.7. The van der Waals surface area contributed by atoms with Crippen molar-refractivity contribution in [3.05, 3.63) is 73.3 Å². The predicted molar refractivity (Wildman–Crippen MR) is 106 cm³/mol. The molecule has 0 unspecified atom stereocenters. The molecule has 0 aliphatic rings. The van der Waals surface area contributed by atoms with Crippen molar-refractivity contribution >= 4 is 45.6 Å². The number of aromatic nitrogens is 2. The molecular weight excluding hydrogens is 415 g/mol. The molecule has 0 saturated heterocycles. The van der Waals surface area contributed by atoms with Crippen molar-refractivity contribution in [2.45, 2.75) is 13.5 Å². The molecule has 2 aromatic carbocycles. The zero-order valence-corrected chi connectivity index (χ0v) is 15.4. The maximum atomic E-state index is 12.7. The third kappa shape index (κ3) is 3.57. The lowest BCUT2D eigenvalue weighted by Crippen LogP contribution is -2.25. The largest absolute Gasteiger partial charge is 0.395 e. The van der Waals surface area contributed by atoms with Crippen LogP contribution in [0.5, 0.6) is 0 Å². The van der Waals surface area contributed by atoms with Gasteiger partial charge in [0.1, 0.15) is 5.82 Å². The molecule has 1 heterocycles. The van der Waals surface area contributed by atoms with Crippen LogP contribution in [-0.4, -0.2) is 21.3 Å². The summed E-state index contributed by atoms with van der Waals surface area (Å²) in [6.07, 6.45) is 3.75. The number of halogens is 1. The van der Waals surface area contributed by atoms with Gasteiger partial charge in [-0.25, -0.2) is 4.98 Å². The van der Waals surface area contributed by atoms with E-state index in [9.17, 15) is 9.90 Å². The lowest BCUT2D eigenvalue weighted by Gasteiger charge is -2.10. The van der Waals surface area contributed by atoms with Crippen LogP contribution in [0.3, 0.4) is 0 Å². The molecular formula is C19H17IN2O2. The van der Waals surface area contributed by atoms with Gasteiger partial charge in [0.05, 0.1) is 24.1 Å². The molecule has 4 nitrogen and oxygen atoms in total. The fourth-order valence-electron chi connectivity index (χ4n) is 2.60. The molecule has 0 radical (unpaired) electrons. The Morgan fingerprint density at radius 3 is 2.79 bits per heavy atom. The van der Waals surface area contributed by atoms with Gasteiger partial charge < -0.3 is 5.11 Å². The summed E-state index contributed by atoms with van der Waals surface area (Å²) < 4.78 is 2.50. The topological polar surface area (TPSA) is 55.1 Å². The Hall–Kier alpha value is -1.99. The minimum atomic E-state index is -0.128. The normalized spacial score (nSPS) is 11.5. The molecule has 1 N–H and O–H groups in total. The van der Waals surface area contributed by atoms with Crippen molar-refractivity contribution in [1.82, 2.24) is 9.55 Å². The van der Waals surface area contributed by atoms with E-state index in [1.807, 2.05) is 55.5 Å². The minimum absolute atomic E-state index is 0.109. The average Bonchev–Trinajstić information content (AvgIpc) is 2.57. The van der Waals surface area contributed by atoms with E-state index in [1.165, 1.54) is 10.1 Å². The van der Waals surface area contributed by atoms with Gasteiger partial charge in [0, 0.05) is 3.57 Å². The van der Waals surface area contributed by atoms with E-state index in [4.69, 9.17) is 0 Å². The zero-order valence-electron chi connectivity index (χ0n) is 13.2. The third-order valence-electron chi connectivity index (χ3n) is 3.74. The number of fused-ring (bicyclic) bond motifs is 1. The summed E-state index contributed by atoms with van der Waals surface area (Å²) in [6.45, 7) is 2.15. The number of aryl methyl sites for hydroxylation is 1. The van der Waals surface area contributed by atoms with Crippen LogP contribution >= 0.6 is 22.6 Å². The lowest BCUT2D eigenvalue weighted by molar-refractivity contribution is 0.273. The minimum Gasteiger partial charge on any atom is -0.395 e. The Labute approximate surface area is 153 Å². The molecule has 0 fully saturated rings. The van der Waals surface area contributed by atoms with Crippen molar-refractivity contribution in [3.63, 3.8) is 0 Å². The second-order valence-corrected chi connectivity index (χ2v) is 6.80. The maximum absolute atomic E-state index is 12.7. The molecule has 0 aliphatic carbocycles. The lowest BCUT2D eigenvalue weighted by atomic mass is 10.1. The highest BCUT2D eigenvalue weighted by Crippen LogP contribution is 2.15. The standard InChI is InChI=1S/C19H17IN2O2/c1-13-3-2-4-14(11-13)5-8-18-21-17-7-6-15(20)12-16(17)19(24)22(18)9-10-23/h2-8,11-12,23H,9-10H2,1H3/b8-5+.